The van der Waals surface area contributed by atoms with Crippen molar-refractivity contribution >= 4 is 0 Å². The van der Waals surface area contributed by atoms with E-state index in [1.54, 1.807) is 0 Å². The normalized spacial score (nSPS) is 29.7. The molecule has 1 aromatic rings. The van der Waals surface area contributed by atoms with Gasteiger partial charge in [0, 0.05) is 18.6 Å². The molecule has 3 rings (SSSR count). The van der Waals surface area contributed by atoms with Gasteiger partial charge in [0.15, 0.2) is 11.8 Å². The van der Waals surface area contributed by atoms with E-state index in [-0.39, 0.29) is 6.42 Å². The number of nitrogens with zero attached hydrogens (tertiary/aromatic N) is 2. The van der Waals surface area contributed by atoms with Crippen LogP contribution in [-0.2, 0) is 17.3 Å². The first-order valence-corrected chi connectivity index (χ1v) is 7.25. The minimum absolute atomic E-state index is 0.111. The predicted molar refractivity (Wildman–Crippen MR) is 64.9 cm³/mol. The quantitative estimate of drug-likeness (QED) is 0.760. The molecule has 1 fully saturated rings. The molecule has 12 heteroatoms. The number of hydrogen-bond acceptors (Lipinski definition) is 3. The van der Waals surface area contributed by atoms with E-state index in [0.29, 0.717) is 4.68 Å². The first kappa shape index (κ1) is 18.4. The first-order valence-electron chi connectivity index (χ1n) is 7.25. The van der Waals surface area contributed by atoms with Crippen molar-refractivity contribution in [3.63, 3.8) is 0 Å². The molecule has 0 bridgehead atoms. The van der Waals surface area contributed by atoms with Gasteiger partial charge in [-0.2, -0.15) is 31.4 Å². The zero-order valence-electron chi connectivity index (χ0n) is 12.3. The summed E-state index contributed by atoms with van der Waals surface area (Å²) in [5.41, 5.74) is -3.34. The van der Waals surface area contributed by atoms with E-state index in [1.165, 1.54) is 0 Å². The van der Waals surface area contributed by atoms with Gasteiger partial charge < -0.3 is 9.84 Å². The Morgan fingerprint density at radius 2 is 1.80 bits per heavy atom. The zero-order valence-corrected chi connectivity index (χ0v) is 12.3. The van der Waals surface area contributed by atoms with Crippen LogP contribution in [0.3, 0.4) is 0 Å². The molecular weight excluding hydrogens is 368 g/mol. The van der Waals surface area contributed by atoms with Crippen LogP contribution in [0.5, 0.6) is 0 Å². The molecule has 0 amide bonds. The van der Waals surface area contributed by atoms with Crippen LogP contribution in [0.4, 0.5) is 35.1 Å². The number of ether oxygens (including phenoxy) is 1. The fourth-order valence-electron chi connectivity index (χ4n) is 3.22. The molecule has 1 aliphatic heterocycles. The van der Waals surface area contributed by atoms with Gasteiger partial charge in [0.1, 0.15) is 6.10 Å². The van der Waals surface area contributed by atoms with Crippen molar-refractivity contribution in [1.82, 2.24) is 9.78 Å². The average Bonchev–Trinajstić information content (AvgIpc) is 2.93. The van der Waals surface area contributed by atoms with Gasteiger partial charge in [0.2, 0.25) is 0 Å². The molecule has 1 saturated heterocycles. The smallest absolute Gasteiger partial charge is 0.382 e. The molecule has 0 spiro atoms. The number of rotatable bonds is 1. The lowest BCUT2D eigenvalue weighted by Crippen LogP contribution is -2.39. The second-order valence-corrected chi connectivity index (χ2v) is 6.07. The number of halogens is 8. The second kappa shape index (κ2) is 5.53. The lowest BCUT2D eigenvalue weighted by molar-refractivity contribution is -0.235. The molecule has 0 saturated carbocycles. The molecule has 0 radical (unpaired) electrons. The third-order valence-corrected chi connectivity index (χ3v) is 4.36. The van der Waals surface area contributed by atoms with Crippen LogP contribution in [0, 0.1) is 0 Å². The molecule has 1 N–H and O–H groups in total. The van der Waals surface area contributed by atoms with E-state index in [9.17, 15) is 40.2 Å². The van der Waals surface area contributed by atoms with E-state index in [2.05, 4.69) is 9.84 Å². The standard InChI is InChI=1S/C13H12F8N2O2/c14-11(15)4-6-8(10(11)24)9(13(19,20)21)22-23(6)5-1-2-25-7(3-5)12(16,17)18/h5,7,10,24H,1-4H2/t5?,7?,10-/m0/s1. The summed E-state index contributed by atoms with van der Waals surface area (Å²) in [5.74, 6) is -3.84. The van der Waals surface area contributed by atoms with Gasteiger partial charge in [-0.1, -0.05) is 0 Å². The predicted octanol–water partition coefficient (Wildman–Crippen LogP) is 3.41. The van der Waals surface area contributed by atoms with Crippen molar-refractivity contribution in [2.24, 2.45) is 0 Å². The SMILES string of the molecule is O[C@H]1c2c(C(F)(F)F)nn(C3CCOC(C(F)(F)F)C3)c2CC1(F)F. The Morgan fingerprint density at radius 1 is 1.16 bits per heavy atom. The van der Waals surface area contributed by atoms with E-state index < -0.39 is 72.9 Å². The fourth-order valence-corrected chi connectivity index (χ4v) is 3.22. The Labute approximate surface area is 135 Å². The monoisotopic (exact) mass is 380 g/mol. The maximum atomic E-state index is 13.7. The fraction of sp³-hybridized carbons (Fsp3) is 0.769. The topological polar surface area (TPSA) is 47.3 Å². The van der Waals surface area contributed by atoms with Crippen LogP contribution >= 0.6 is 0 Å². The van der Waals surface area contributed by atoms with E-state index in [4.69, 9.17) is 0 Å². The Morgan fingerprint density at radius 3 is 2.36 bits per heavy atom. The van der Waals surface area contributed by atoms with E-state index >= 15 is 0 Å². The van der Waals surface area contributed by atoms with Crippen molar-refractivity contribution in [1.29, 1.82) is 0 Å². The number of fused-ring (bicyclic) bond motifs is 1. The summed E-state index contributed by atoms with van der Waals surface area (Å²) < 4.78 is 110. The van der Waals surface area contributed by atoms with Gasteiger partial charge >= 0.3 is 12.4 Å². The molecule has 25 heavy (non-hydrogen) atoms. The van der Waals surface area contributed by atoms with Crippen LogP contribution < -0.4 is 0 Å². The molecule has 3 atom stereocenters. The summed E-state index contributed by atoms with van der Waals surface area (Å²) >= 11 is 0. The third-order valence-electron chi connectivity index (χ3n) is 4.36. The highest BCUT2D eigenvalue weighted by molar-refractivity contribution is 5.38. The summed E-state index contributed by atoms with van der Waals surface area (Å²) in [4.78, 5) is 0. The second-order valence-electron chi connectivity index (χ2n) is 6.07. The largest absolute Gasteiger partial charge is 0.435 e. The van der Waals surface area contributed by atoms with E-state index in [1.807, 2.05) is 0 Å². The van der Waals surface area contributed by atoms with Crippen molar-refractivity contribution in [2.45, 2.75) is 55.8 Å². The lowest BCUT2D eigenvalue weighted by atomic mass is 10.0. The van der Waals surface area contributed by atoms with Crippen LogP contribution in [0.1, 0.15) is 41.9 Å². The van der Waals surface area contributed by atoms with Crippen LogP contribution in [-0.4, -0.2) is 39.7 Å². The third kappa shape index (κ3) is 3.09. The summed E-state index contributed by atoms with van der Waals surface area (Å²) in [7, 11) is 0. The Bertz CT molecular complexity index is 666. The minimum atomic E-state index is -5.12. The first-order chi connectivity index (χ1) is 11.3. The highest BCUT2D eigenvalue weighted by Crippen LogP contribution is 2.49. The summed E-state index contributed by atoms with van der Waals surface area (Å²) in [5, 5.41) is 12.8. The van der Waals surface area contributed by atoms with Gasteiger partial charge in [-0.25, -0.2) is 8.78 Å². The van der Waals surface area contributed by atoms with Crippen LogP contribution in [0.25, 0.3) is 0 Å². The number of aromatic nitrogens is 2. The maximum Gasteiger partial charge on any atom is 0.435 e. The van der Waals surface area contributed by atoms with Crippen LogP contribution in [0.15, 0.2) is 0 Å². The molecule has 1 aliphatic carbocycles. The zero-order chi connectivity index (χ0) is 18.8. The van der Waals surface area contributed by atoms with Gasteiger partial charge in [0.05, 0.1) is 18.2 Å². The highest BCUT2D eigenvalue weighted by Gasteiger charge is 2.55. The number of hydrogen-bond donors (Lipinski definition) is 1. The molecule has 2 unspecified atom stereocenters. The van der Waals surface area contributed by atoms with Crippen molar-refractivity contribution in [3.8, 4) is 0 Å². The van der Waals surface area contributed by atoms with Gasteiger partial charge in [0.25, 0.3) is 5.92 Å². The minimum Gasteiger partial charge on any atom is -0.382 e. The maximum absolute atomic E-state index is 13.7. The van der Waals surface area contributed by atoms with Crippen molar-refractivity contribution < 1.29 is 45.0 Å². The van der Waals surface area contributed by atoms with Gasteiger partial charge in [-0.15, -0.1) is 0 Å². The summed E-state index contributed by atoms with van der Waals surface area (Å²) in [6.45, 7) is -0.399. The lowest BCUT2D eigenvalue weighted by Gasteiger charge is -2.31. The molecule has 2 aliphatic rings. The molecule has 1 aromatic heterocycles. The number of alkyl halides is 8. The van der Waals surface area contributed by atoms with Gasteiger partial charge in [-0.05, 0) is 6.42 Å². The molecule has 4 nitrogen and oxygen atoms in total. The Kier molecular flexibility index (Phi) is 4.06. The molecule has 142 valence electrons. The van der Waals surface area contributed by atoms with E-state index in [0.717, 1.165) is 0 Å². The number of aliphatic hydroxyl groups excluding tert-OH is 1. The summed E-state index contributed by atoms with van der Waals surface area (Å²) in [6, 6.07) is -1.19. The highest BCUT2D eigenvalue weighted by atomic mass is 19.4. The average molecular weight is 380 g/mol. The Balaban J connectivity index is 2.03. The van der Waals surface area contributed by atoms with Crippen LogP contribution in [0.2, 0.25) is 0 Å². The molecular formula is C13H12F8N2O2. The number of aliphatic hydroxyl groups is 1. The Hall–Kier alpha value is -1.43. The molecule has 0 aromatic carbocycles. The van der Waals surface area contributed by atoms with Crippen molar-refractivity contribution in [3.05, 3.63) is 17.0 Å². The molecule has 2 heterocycles. The summed E-state index contributed by atoms with van der Waals surface area (Å²) in [6.07, 6.45) is -16.8. The van der Waals surface area contributed by atoms with Crippen molar-refractivity contribution in [2.75, 3.05) is 6.61 Å². The van der Waals surface area contributed by atoms with Gasteiger partial charge in [-0.3, -0.25) is 4.68 Å².